The van der Waals surface area contributed by atoms with Crippen LogP contribution in [0.5, 0.6) is 0 Å². The molecule has 0 unspecified atom stereocenters. The second-order valence-electron chi connectivity index (χ2n) is 3.73. The van der Waals surface area contributed by atoms with Crippen molar-refractivity contribution in [1.29, 1.82) is 0 Å². The molecule has 0 saturated heterocycles. The first kappa shape index (κ1) is 9.49. The van der Waals surface area contributed by atoms with Gasteiger partial charge in [-0.25, -0.2) is 0 Å². The van der Waals surface area contributed by atoms with Crippen LogP contribution in [0.25, 0.3) is 0 Å². The maximum atomic E-state index is 8.85. The Morgan fingerprint density at radius 1 is 1.43 bits per heavy atom. The van der Waals surface area contributed by atoms with Gasteiger partial charge in [-0.05, 0) is 23.6 Å². The van der Waals surface area contributed by atoms with Crippen LogP contribution in [0.15, 0.2) is 18.2 Å². The molecule has 3 nitrogen and oxygen atoms in total. The van der Waals surface area contributed by atoms with Crippen molar-refractivity contribution < 1.29 is 5.11 Å². The zero-order valence-electron chi connectivity index (χ0n) is 8.24. The molecule has 14 heavy (non-hydrogen) atoms. The minimum Gasteiger partial charge on any atom is -0.398 e. The molecule has 2 rings (SSSR count). The first-order valence-corrected chi connectivity index (χ1v) is 5.00. The predicted octanol–water partition coefficient (Wildman–Crippen LogP) is 0.619. The molecule has 0 fully saturated rings. The van der Waals surface area contributed by atoms with Crippen LogP contribution < -0.4 is 5.73 Å². The first-order valence-electron chi connectivity index (χ1n) is 5.00. The number of benzene rings is 1. The molecule has 0 aromatic heterocycles. The lowest BCUT2D eigenvalue weighted by atomic mass is 9.98. The molecular formula is C11H16N2O. The van der Waals surface area contributed by atoms with Crippen LogP contribution in [0.4, 0.5) is 5.69 Å². The van der Waals surface area contributed by atoms with Crippen molar-refractivity contribution in [3.8, 4) is 0 Å². The van der Waals surface area contributed by atoms with Gasteiger partial charge >= 0.3 is 0 Å². The summed E-state index contributed by atoms with van der Waals surface area (Å²) in [6.45, 7) is 2.91. The second-order valence-corrected chi connectivity index (χ2v) is 3.73. The minimum atomic E-state index is 0.234. The van der Waals surface area contributed by atoms with Gasteiger partial charge in [0.1, 0.15) is 0 Å². The van der Waals surface area contributed by atoms with Crippen LogP contribution in [0.3, 0.4) is 0 Å². The zero-order chi connectivity index (χ0) is 9.97. The SMILES string of the molecule is Nc1cccc2c1CCN(CCO)C2. The molecule has 3 N–H and O–H groups in total. The molecule has 0 amide bonds. The van der Waals surface area contributed by atoms with E-state index in [2.05, 4.69) is 11.0 Å². The van der Waals surface area contributed by atoms with Crippen molar-refractivity contribution in [2.75, 3.05) is 25.4 Å². The summed E-state index contributed by atoms with van der Waals surface area (Å²) < 4.78 is 0. The number of fused-ring (bicyclic) bond motifs is 1. The minimum absolute atomic E-state index is 0.234. The van der Waals surface area contributed by atoms with Crippen molar-refractivity contribution in [1.82, 2.24) is 4.90 Å². The summed E-state index contributed by atoms with van der Waals surface area (Å²) in [7, 11) is 0. The van der Waals surface area contributed by atoms with Gasteiger partial charge in [-0.2, -0.15) is 0 Å². The Bertz CT molecular complexity index is 325. The van der Waals surface area contributed by atoms with Crippen LogP contribution in [0.1, 0.15) is 11.1 Å². The van der Waals surface area contributed by atoms with Crippen LogP contribution in [-0.4, -0.2) is 29.7 Å². The summed E-state index contributed by atoms with van der Waals surface area (Å²) in [6, 6.07) is 6.08. The van der Waals surface area contributed by atoms with E-state index < -0.39 is 0 Å². The Balaban J connectivity index is 2.18. The molecule has 1 heterocycles. The van der Waals surface area contributed by atoms with Crippen LogP contribution >= 0.6 is 0 Å². The molecule has 1 aliphatic rings. The number of hydrogen-bond donors (Lipinski definition) is 2. The highest BCUT2D eigenvalue weighted by molar-refractivity contribution is 5.51. The third-order valence-corrected chi connectivity index (χ3v) is 2.80. The fourth-order valence-corrected chi connectivity index (χ4v) is 2.03. The van der Waals surface area contributed by atoms with Crippen LogP contribution in [0, 0.1) is 0 Å². The number of rotatable bonds is 2. The number of anilines is 1. The molecule has 0 bridgehead atoms. The third-order valence-electron chi connectivity index (χ3n) is 2.80. The van der Waals surface area contributed by atoms with Gasteiger partial charge in [0, 0.05) is 25.3 Å². The van der Waals surface area contributed by atoms with E-state index in [1.165, 1.54) is 11.1 Å². The van der Waals surface area contributed by atoms with Crippen molar-refractivity contribution in [3.05, 3.63) is 29.3 Å². The van der Waals surface area contributed by atoms with Crippen molar-refractivity contribution in [2.24, 2.45) is 0 Å². The molecule has 1 aromatic carbocycles. The maximum absolute atomic E-state index is 8.85. The molecule has 0 radical (unpaired) electrons. The highest BCUT2D eigenvalue weighted by Gasteiger charge is 2.16. The maximum Gasteiger partial charge on any atom is 0.0558 e. The molecular weight excluding hydrogens is 176 g/mol. The van der Waals surface area contributed by atoms with E-state index in [9.17, 15) is 0 Å². The number of hydrogen-bond acceptors (Lipinski definition) is 3. The van der Waals surface area contributed by atoms with Crippen molar-refractivity contribution >= 4 is 5.69 Å². The average Bonchev–Trinajstić information content (AvgIpc) is 2.18. The number of nitrogen functional groups attached to an aromatic ring is 1. The molecule has 0 atom stereocenters. The third kappa shape index (κ3) is 1.74. The lowest BCUT2D eigenvalue weighted by Crippen LogP contribution is -2.33. The Hall–Kier alpha value is -1.06. The Morgan fingerprint density at radius 3 is 3.07 bits per heavy atom. The highest BCUT2D eigenvalue weighted by Crippen LogP contribution is 2.23. The van der Waals surface area contributed by atoms with Crippen LogP contribution in [0.2, 0.25) is 0 Å². The van der Waals surface area contributed by atoms with E-state index in [0.29, 0.717) is 0 Å². The van der Waals surface area contributed by atoms with Gasteiger partial charge in [-0.15, -0.1) is 0 Å². The summed E-state index contributed by atoms with van der Waals surface area (Å²) >= 11 is 0. The zero-order valence-corrected chi connectivity index (χ0v) is 8.24. The van der Waals surface area contributed by atoms with E-state index in [-0.39, 0.29) is 6.61 Å². The Morgan fingerprint density at radius 2 is 2.29 bits per heavy atom. The van der Waals surface area contributed by atoms with E-state index >= 15 is 0 Å². The van der Waals surface area contributed by atoms with Gasteiger partial charge < -0.3 is 10.8 Å². The lowest BCUT2D eigenvalue weighted by Gasteiger charge is -2.28. The van der Waals surface area contributed by atoms with E-state index in [1.54, 1.807) is 0 Å². The topological polar surface area (TPSA) is 49.5 Å². The van der Waals surface area contributed by atoms with Gasteiger partial charge in [0.25, 0.3) is 0 Å². The molecule has 0 saturated carbocycles. The molecule has 0 spiro atoms. The smallest absolute Gasteiger partial charge is 0.0558 e. The molecule has 0 aliphatic carbocycles. The number of aliphatic hydroxyl groups excluding tert-OH is 1. The van der Waals surface area contributed by atoms with Gasteiger partial charge in [-0.1, -0.05) is 12.1 Å². The summed E-state index contributed by atoms with van der Waals surface area (Å²) in [6.07, 6.45) is 1.00. The quantitative estimate of drug-likeness (QED) is 0.675. The first-order chi connectivity index (χ1) is 6.81. The Kier molecular flexibility index (Phi) is 2.70. The summed E-state index contributed by atoms with van der Waals surface area (Å²) in [4.78, 5) is 2.25. The Labute approximate surface area is 84.1 Å². The standard InChI is InChI=1S/C11H16N2O/c12-11-3-1-2-9-8-13(6-7-14)5-4-10(9)11/h1-3,14H,4-8,12H2. The average molecular weight is 192 g/mol. The summed E-state index contributed by atoms with van der Waals surface area (Å²) in [5.74, 6) is 0. The van der Waals surface area contributed by atoms with Gasteiger partial charge in [-0.3, -0.25) is 4.90 Å². The number of nitrogens with two attached hydrogens (primary N) is 1. The molecule has 1 aromatic rings. The normalized spacial score (nSPS) is 16.6. The fraction of sp³-hybridized carbons (Fsp3) is 0.455. The van der Waals surface area contributed by atoms with Gasteiger partial charge in [0.2, 0.25) is 0 Å². The molecule has 1 aliphatic heterocycles. The van der Waals surface area contributed by atoms with Gasteiger partial charge in [0.15, 0.2) is 0 Å². The van der Waals surface area contributed by atoms with Crippen molar-refractivity contribution in [3.63, 3.8) is 0 Å². The summed E-state index contributed by atoms with van der Waals surface area (Å²) in [5.41, 5.74) is 9.40. The number of aliphatic hydroxyl groups is 1. The molecule has 3 heteroatoms. The van der Waals surface area contributed by atoms with Crippen molar-refractivity contribution in [2.45, 2.75) is 13.0 Å². The molecule has 76 valence electrons. The summed E-state index contributed by atoms with van der Waals surface area (Å²) in [5, 5.41) is 8.85. The van der Waals surface area contributed by atoms with E-state index in [4.69, 9.17) is 10.8 Å². The lowest BCUT2D eigenvalue weighted by molar-refractivity contribution is 0.184. The predicted molar refractivity (Wildman–Crippen MR) is 56.9 cm³/mol. The van der Waals surface area contributed by atoms with Gasteiger partial charge in [0.05, 0.1) is 6.61 Å². The fourth-order valence-electron chi connectivity index (χ4n) is 2.03. The highest BCUT2D eigenvalue weighted by atomic mass is 16.3. The number of β-amino-alcohol motifs (C(OH)–C–C–N with tert-alkyl or cyclic N) is 1. The monoisotopic (exact) mass is 192 g/mol. The van der Waals surface area contributed by atoms with E-state index in [0.717, 1.165) is 31.7 Å². The second kappa shape index (κ2) is 3.98. The largest absolute Gasteiger partial charge is 0.398 e. The van der Waals surface area contributed by atoms with E-state index in [1.807, 2.05) is 12.1 Å². The number of nitrogens with zero attached hydrogens (tertiary/aromatic N) is 1. The van der Waals surface area contributed by atoms with Crippen LogP contribution in [-0.2, 0) is 13.0 Å².